The molecule has 0 bridgehead atoms. The topological polar surface area (TPSA) is 63.0 Å². The Balaban J connectivity index is 1.76. The molecule has 160 valence electrons. The third kappa shape index (κ3) is 11.5. The molecular formula is C23H41N3O2. The predicted molar refractivity (Wildman–Crippen MR) is 118 cm³/mol. The van der Waals surface area contributed by atoms with Gasteiger partial charge in [0.15, 0.2) is 0 Å². The van der Waals surface area contributed by atoms with E-state index >= 15 is 0 Å². The van der Waals surface area contributed by atoms with E-state index in [1.165, 1.54) is 12.8 Å². The molecular weight excluding hydrogens is 350 g/mol. The van der Waals surface area contributed by atoms with Gasteiger partial charge in [-0.15, -0.1) is 0 Å². The highest BCUT2D eigenvalue weighted by atomic mass is 16.6. The maximum absolute atomic E-state index is 12.6. The second-order valence-corrected chi connectivity index (χ2v) is 8.31. The van der Waals surface area contributed by atoms with Crippen molar-refractivity contribution in [2.45, 2.75) is 115 Å². The summed E-state index contributed by atoms with van der Waals surface area (Å²) < 4.78 is 5.87. The number of alkyl carbamates (subject to hydrolysis) is 1. The number of carbonyl (C=O) groups excluding carboxylic acids is 1. The maximum atomic E-state index is 12.6. The molecule has 2 aliphatic heterocycles. The highest BCUT2D eigenvalue weighted by molar-refractivity contribution is 5.67. The number of hydrogen-bond donors (Lipinski definition) is 1. The van der Waals surface area contributed by atoms with E-state index in [1.54, 1.807) is 0 Å². The first-order valence-electron chi connectivity index (χ1n) is 11.8. The number of nitrogens with zero attached hydrogens (tertiary/aromatic N) is 2. The molecule has 0 aliphatic carbocycles. The standard InChI is InChI=1S/C23H41N3O2/c27-23(26-21-13-5-1-9-17-24-18-10-2-6-14-21)28-22-15-7-3-11-19-25-20-12-4-8-16-22/h17,19,21-22H,1-16,18,20H2,(H,26,27). The van der Waals surface area contributed by atoms with E-state index in [1.807, 2.05) is 0 Å². The molecule has 0 aromatic rings. The van der Waals surface area contributed by atoms with E-state index in [0.29, 0.717) is 0 Å². The van der Waals surface area contributed by atoms with Crippen LogP contribution in [0.3, 0.4) is 0 Å². The molecule has 0 fully saturated rings. The van der Waals surface area contributed by atoms with Crippen LogP contribution in [0.2, 0.25) is 0 Å². The van der Waals surface area contributed by atoms with E-state index in [4.69, 9.17) is 4.74 Å². The van der Waals surface area contributed by atoms with Crippen molar-refractivity contribution < 1.29 is 9.53 Å². The summed E-state index contributed by atoms with van der Waals surface area (Å²) in [4.78, 5) is 21.5. The summed E-state index contributed by atoms with van der Waals surface area (Å²) in [5, 5.41) is 3.19. The zero-order valence-corrected chi connectivity index (χ0v) is 17.7. The number of aliphatic imine (C=N–C) groups is 2. The number of amides is 1. The molecule has 0 aromatic heterocycles. The summed E-state index contributed by atoms with van der Waals surface area (Å²) in [6, 6.07) is 0.256. The van der Waals surface area contributed by atoms with Crippen LogP contribution >= 0.6 is 0 Å². The largest absolute Gasteiger partial charge is 0.446 e. The van der Waals surface area contributed by atoms with Gasteiger partial charge in [-0.2, -0.15) is 0 Å². The summed E-state index contributed by atoms with van der Waals surface area (Å²) in [6.45, 7) is 1.90. The number of hydrogen-bond acceptors (Lipinski definition) is 4. The Bertz CT molecular complexity index is 425. The van der Waals surface area contributed by atoms with Gasteiger partial charge in [-0.3, -0.25) is 9.98 Å². The molecule has 2 heterocycles. The Morgan fingerprint density at radius 3 is 1.89 bits per heavy atom. The molecule has 2 rings (SSSR count). The molecule has 0 saturated heterocycles. The van der Waals surface area contributed by atoms with Crippen molar-refractivity contribution in [2.75, 3.05) is 13.1 Å². The summed E-state index contributed by atoms with van der Waals surface area (Å²) >= 11 is 0. The van der Waals surface area contributed by atoms with Gasteiger partial charge in [0.25, 0.3) is 0 Å². The fourth-order valence-electron chi connectivity index (χ4n) is 4.02. The van der Waals surface area contributed by atoms with Crippen LogP contribution in [-0.4, -0.2) is 43.8 Å². The number of rotatable bonds is 2. The Morgan fingerprint density at radius 2 is 1.25 bits per heavy atom. The Labute approximate surface area is 171 Å². The first-order chi connectivity index (χ1) is 13.8. The van der Waals surface area contributed by atoms with Crippen molar-refractivity contribution in [2.24, 2.45) is 9.98 Å². The molecule has 1 amide bonds. The van der Waals surface area contributed by atoms with Gasteiger partial charge in [0, 0.05) is 19.1 Å². The minimum atomic E-state index is -0.197. The quantitative estimate of drug-likeness (QED) is 0.641. The van der Waals surface area contributed by atoms with Crippen molar-refractivity contribution in [3.05, 3.63) is 0 Å². The predicted octanol–water partition coefficient (Wildman–Crippen LogP) is 5.86. The molecule has 0 saturated carbocycles. The fourth-order valence-corrected chi connectivity index (χ4v) is 4.02. The minimum Gasteiger partial charge on any atom is -0.446 e. The molecule has 2 aliphatic rings. The zero-order chi connectivity index (χ0) is 19.7. The Hall–Kier alpha value is -1.39. The lowest BCUT2D eigenvalue weighted by Crippen LogP contribution is -2.37. The van der Waals surface area contributed by atoms with E-state index in [9.17, 15) is 4.79 Å². The lowest BCUT2D eigenvalue weighted by molar-refractivity contribution is 0.0808. The molecule has 2 unspecified atom stereocenters. The molecule has 0 aromatic carbocycles. The van der Waals surface area contributed by atoms with Crippen LogP contribution in [-0.2, 0) is 4.74 Å². The second kappa shape index (κ2) is 15.5. The van der Waals surface area contributed by atoms with Gasteiger partial charge < -0.3 is 10.1 Å². The fraction of sp³-hybridized carbons (Fsp3) is 0.870. The summed E-state index contributed by atoms with van der Waals surface area (Å²) in [6.07, 6.45) is 21.7. The normalized spacial score (nSPS) is 26.7. The molecule has 5 heteroatoms. The van der Waals surface area contributed by atoms with Crippen molar-refractivity contribution >= 4 is 18.5 Å². The highest BCUT2D eigenvalue weighted by Gasteiger charge is 2.18. The average Bonchev–Trinajstić information content (AvgIpc) is 2.66. The molecule has 2 atom stereocenters. The van der Waals surface area contributed by atoms with Crippen LogP contribution in [0.25, 0.3) is 0 Å². The smallest absolute Gasteiger partial charge is 0.407 e. The van der Waals surface area contributed by atoms with E-state index in [2.05, 4.69) is 27.7 Å². The maximum Gasteiger partial charge on any atom is 0.407 e. The number of carbonyl (C=O) groups is 1. The minimum absolute atomic E-state index is 0.0684. The summed E-state index contributed by atoms with van der Waals surface area (Å²) in [5.74, 6) is 0. The van der Waals surface area contributed by atoms with Crippen molar-refractivity contribution in [3.8, 4) is 0 Å². The first-order valence-corrected chi connectivity index (χ1v) is 11.8. The van der Waals surface area contributed by atoms with Gasteiger partial charge in [-0.1, -0.05) is 25.7 Å². The van der Waals surface area contributed by atoms with Crippen molar-refractivity contribution in [3.63, 3.8) is 0 Å². The van der Waals surface area contributed by atoms with Crippen LogP contribution in [0.4, 0.5) is 4.79 Å². The molecule has 0 spiro atoms. The van der Waals surface area contributed by atoms with Crippen molar-refractivity contribution in [1.82, 2.24) is 5.32 Å². The van der Waals surface area contributed by atoms with Gasteiger partial charge in [-0.25, -0.2) is 4.79 Å². The average molecular weight is 392 g/mol. The van der Waals surface area contributed by atoms with Gasteiger partial charge >= 0.3 is 6.09 Å². The van der Waals surface area contributed by atoms with Crippen LogP contribution < -0.4 is 5.32 Å². The van der Waals surface area contributed by atoms with Crippen molar-refractivity contribution in [1.29, 1.82) is 0 Å². The molecule has 1 N–H and O–H groups in total. The van der Waals surface area contributed by atoms with Crippen LogP contribution in [0.1, 0.15) is 103 Å². The zero-order valence-electron chi connectivity index (χ0n) is 17.7. The number of ether oxygens (including phenoxy) is 1. The highest BCUT2D eigenvalue weighted by Crippen LogP contribution is 2.17. The molecule has 0 radical (unpaired) electrons. The van der Waals surface area contributed by atoms with Gasteiger partial charge in [0.05, 0.1) is 0 Å². The van der Waals surface area contributed by atoms with Gasteiger partial charge in [0.2, 0.25) is 0 Å². The van der Waals surface area contributed by atoms with Crippen LogP contribution in [0, 0.1) is 0 Å². The first kappa shape index (κ1) is 22.9. The molecule has 28 heavy (non-hydrogen) atoms. The van der Waals surface area contributed by atoms with E-state index in [-0.39, 0.29) is 18.2 Å². The monoisotopic (exact) mass is 391 g/mol. The second-order valence-electron chi connectivity index (χ2n) is 8.31. The Morgan fingerprint density at radius 1 is 0.714 bits per heavy atom. The van der Waals surface area contributed by atoms with E-state index < -0.39 is 0 Å². The third-order valence-electron chi connectivity index (χ3n) is 5.75. The lowest BCUT2D eigenvalue weighted by Gasteiger charge is -2.22. The van der Waals surface area contributed by atoms with Crippen LogP contribution in [0.15, 0.2) is 9.98 Å². The Kier molecular flexibility index (Phi) is 12.7. The van der Waals surface area contributed by atoms with Gasteiger partial charge in [-0.05, 0) is 89.5 Å². The van der Waals surface area contributed by atoms with Gasteiger partial charge in [0.1, 0.15) is 6.10 Å². The summed E-state index contributed by atoms with van der Waals surface area (Å²) in [5.41, 5.74) is 0. The SMILES string of the molecule is O=C(NC1CCCCC=NCCCCC1)OC1CCCCC=NCCCCC1. The third-order valence-corrected chi connectivity index (χ3v) is 5.75. The van der Waals surface area contributed by atoms with E-state index in [0.717, 1.165) is 103 Å². The lowest BCUT2D eigenvalue weighted by atomic mass is 10.0. The summed E-state index contributed by atoms with van der Waals surface area (Å²) in [7, 11) is 0. The number of nitrogens with one attached hydrogen (secondary N) is 1. The molecule has 5 nitrogen and oxygen atoms in total. The van der Waals surface area contributed by atoms with Crippen LogP contribution in [0.5, 0.6) is 0 Å².